The first-order valence-electron chi connectivity index (χ1n) is 11.8. The van der Waals surface area contributed by atoms with Crippen LogP contribution in [0.2, 0.25) is 0 Å². The van der Waals surface area contributed by atoms with E-state index in [1.54, 1.807) is 0 Å². The Hall–Kier alpha value is -3.66. The van der Waals surface area contributed by atoms with Crippen LogP contribution in [0.25, 0.3) is 5.57 Å². The third-order valence-corrected chi connectivity index (χ3v) is 6.50. The Morgan fingerprint density at radius 1 is 0.794 bits per heavy atom. The number of carbonyl (C=O) groups excluding carboxylic acids is 2. The van der Waals surface area contributed by atoms with Gasteiger partial charge >= 0.3 is 0 Å². The average Bonchev–Trinajstić information content (AvgIpc) is 3.05. The molecule has 4 nitrogen and oxygen atoms in total. The highest BCUT2D eigenvalue weighted by atomic mass is 16.2. The Balaban J connectivity index is 1.78. The van der Waals surface area contributed by atoms with E-state index in [4.69, 9.17) is 0 Å². The van der Waals surface area contributed by atoms with Crippen LogP contribution in [0, 0.1) is 13.8 Å². The Bertz CT molecular complexity index is 1280. The summed E-state index contributed by atoms with van der Waals surface area (Å²) in [7, 11) is 0. The quantitative estimate of drug-likeness (QED) is 0.446. The molecule has 0 saturated heterocycles. The van der Waals surface area contributed by atoms with Gasteiger partial charge in [0.2, 0.25) is 0 Å². The lowest BCUT2D eigenvalue weighted by Gasteiger charge is -2.21. The summed E-state index contributed by atoms with van der Waals surface area (Å²) in [5.74, 6) is -0.661. The summed E-state index contributed by atoms with van der Waals surface area (Å²) >= 11 is 0. The van der Waals surface area contributed by atoms with Crippen LogP contribution in [0.3, 0.4) is 0 Å². The van der Waals surface area contributed by atoms with Gasteiger partial charge in [0.05, 0.1) is 11.3 Å². The monoisotopic (exact) mass is 452 g/mol. The Kier molecular flexibility index (Phi) is 6.18. The van der Waals surface area contributed by atoms with Crippen LogP contribution >= 0.6 is 0 Å². The Morgan fingerprint density at radius 2 is 1.44 bits per heavy atom. The molecular weight excluding hydrogens is 420 g/mol. The highest BCUT2D eigenvalue weighted by molar-refractivity contribution is 6.46. The molecule has 1 heterocycles. The molecule has 0 fully saturated rings. The maximum Gasteiger partial charge on any atom is 0.282 e. The number of imide groups is 1. The van der Waals surface area contributed by atoms with Gasteiger partial charge in [-0.3, -0.25) is 9.59 Å². The number of nitrogens with zero attached hydrogens (tertiary/aromatic N) is 1. The standard InChI is InChI=1S/C30H32N2O2/c1-7-21-9-14-24(15-10-21)31-27-26(22-11-8-19(2)20(3)18-22)28(33)32(29(27)34)25-16-12-23(13-17-25)30(4,5)6/h8-18,31H,7H2,1-6H3. The molecule has 0 saturated carbocycles. The average molecular weight is 453 g/mol. The lowest BCUT2D eigenvalue weighted by Crippen LogP contribution is -2.32. The number of carbonyl (C=O) groups is 2. The molecule has 1 N–H and O–H groups in total. The number of hydrogen-bond donors (Lipinski definition) is 1. The van der Waals surface area contributed by atoms with Gasteiger partial charge in [-0.2, -0.15) is 0 Å². The van der Waals surface area contributed by atoms with Gasteiger partial charge < -0.3 is 5.32 Å². The van der Waals surface area contributed by atoms with Crippen molar-refractivity contribution in [2.24, 2.45) is 0 Å². The molecule has 4 heteroatoms. The topological polar surface area (TPSA) is 49.4 Å². The van der Waals surface area contributed by atoms with Crippen LogP contribution < -0.4 is 10.2 Å². The van der Waals surface area contributed by atoms with Crippen molar-refractivity contribution in [3.63, 3.8) is 0 Å². The van der Waals surface area contributed by atoms with Gasteiger partial charge in [-0.25, -0.2) is 4.90 Å². The van der Waals surface area contributed by atoms with Gasteiger partial charge in [-0.15, -0.1) is 0 Å². The van der Waals surface area contributed by atoms with Gasteiger partial charge in [-0.1, -0.05) is 70.2 Å². The summed E-state index contributed by atoms with van der Waals surface area (Å²) in [6, 6.07) is 21.5. The fourth-order valence-electron chi connectivity index (χ4n) is 4.12. The number of hydrogen-bond acceptors (Lipinski definition) is 3. The summed E-state index contributed by atoms with van der Waals surface area (Å²) in [5, 5.41) is 3.26. The number of nitrogens with one attached hydrogen (secondary N) is 1. The van der Waals surface area contributed by atoms with Gasteiger partial charge in [0.25, 0.3) is 11.8 Å². The third-order valence-electron chi connectivity index (χ3n) is 6.50. The van der Waals surface area contributed by atoms with E-state index in [1.807, 2.05) is 80.6 Å². The third kappa shape index (κ3) is 4.41. The molecule has 0 atom stereocenters. The van der Waals surface area contributed by atoms with Gasteiger partial charge in [0.1, 0.15) is 5.70 Å². The van der Waals surface area contributed by atoms with Crippen molar-refractivity contribution in [3.05, 3.63) is 100 Å². The fraction of sp³-hybridized carbons (Fsp3) is 0.267. The molecule has 34 heavy (non-hydrogen) atoms. The fourth-order valence-corrected chi connectivity index (χ4v) is 4.12. The second kappa shape index (κ2) is 8.94. The summed E-state index contributed by atoms with van der Waals surface area (Å²) in [6.45, 7) is 12.6. The van der Waals surface area contributed by atoms with E-state index in [1.165, 1.54) is 10.5 Å². The summed E-state index contributed by atoms with van der Waals surface area (Å²) < 4.78 is 0. The molecule has 0 aliphatic carbocycles. The van der Waals surface area contributed by atoms with E-state index in [2.05, 4.69) is 33.0 Å². The van der Waals surface area contributed by atoms with Crippen LogP contribution in [-0.2, 0) is 21.4 Å². The van der Waals surface area contributed by atoms with E-state index < -0.39 is 0 Å². The molecule has 4 rings (SSSR count). The number of rotatable bonds is 5. The van der Waals surface area contributed by atoms with Crippen LogP contribution in [0.5, 0.6) is 0 Å². The van der Waals surface area contributed by atoms with Crippen molar-refractivity contribution in [2.45, 2.75) is 53.4 Å². The predicted octanol–water partition coefficient (Wildman–Crippen LogP) is 6.56. The second-order valence-electron chi connectivity index (χ2n) is 9.97. The van der Waals surface area contributed by atoms with E-state index in [-0.39, 0.29) is 17.2 Å². The maximum absolute atomic E-state index is 13.7. The van der Waals surface area contributed by atoms with E-state index in [0.29, 0.717) is 17.0 Å². The molecule has 2 amide bonds. The van der Waals surface area contributed by atoms with Crippen LogP contribution in [-0.4, -0.2) is 11.8 Å². The van der Waals surface area contributed by atoms with Crippen molar-refractivity contribution in [1.29, 1.82) is 0 Å². The molecule has 1 aliphatic rings. The number of benzene rings is 3. The minimum Gasteiger partial charge on any atom is -0.350 e. The largest absolute Gasteiger partial charge is 0.350 e. The maximum atomic E-state index is 13.7. The van der Waals surface area contributed by atoms with Gasteiger partial charge in [0, 0.05) is 5.69 Å². The van der Waals surface area contributed by atoms with Gasteiger partial charge in [-0.05, 0) is 77.8 Å². The van der Waals surface area contributed by atoms with Crippen LogP contribution in [0.1, 0.15) is 55.5 Å². The lowest BCUT2D eigenvalue weighted by molar-refractivity contribution is -0.120. The minimum absolute atomic E-state index is 0.0161. The van der Waals surface area contributed by atoms with E-state index >= 15 is 0 Å². The van der Waals surface area contributed by atoms with E-state index in [0.717, 1.165) is 34.4 Å². The first kappa shape index (κ1) is 23.5. The van der Waals surface area contributed by atoms with Gasteiger partial charge in [0.15, 0.2) is 0 Å². The summed E-state index contributed by atoms with van der Waals surface area (Å²) in [6.07, 6.45) is 0.937. The van der Waals surface area contributed by atoms with Crippen LogP contribution in [0.15, 0.2) is 72.4 Å². The van der Waals surface area contributed by atoms with E-state index in [9.17, 15) is 9.59 Å². The number of anilines is 2. The van der Waals surface area contributed by atoms with Crippen molar-refractivity contribution in [1.82, 2.24) is 0 Å². The zero-order valence-electron chi connectivity index (χ0n) is 20.8. The summed E-state index contributed by atoms with van der Waals surface area (Å²) in [5.41, 5.74) is 7.34. The SMILES string of the molecule is CCc1ccc(NC2=C(c3ccc(C)c(C)c3)C(=O)N(c3ccc(C(C)(C)C)cc3)C2=O)cc1. The molecule has 174 valence electrons. The normalized spacial score (nSPS) is 14.2. The molecule has 0 bridgehead atoms. The number of amides is 2. The van der Waals surface area contributed by atoms with Crippen LogP contribution in [0.4, 0.5) is 11.4 Å². The molecule has 0 aromatic heterocycles. The Labute approximate surface area is 202 Å². The van der Waals surface area contributed by atoms with Crippen molar-refractivity contribution < 1.29 is 9.59 Å². The lowest BCUT2D eigenvalue weighted by atomic mass is 9.87. The first-order valence-corrected chi connectivity index (χ1v) is 11.8. The Morgan fingerprint density at radius 3 is 2.00 bits per heavy atom. The predicted molar refractivity (Wildman–Crippen MR) is 140 cm³/mol. The highest BCUT2D eigenvalue weighted by Gasteiger charge is 2.40. The number of aryl methyl sites for hydroxylation is 3. The highest BCUT2D eigenvalue weighted by Crippen LogP contribution is 2.35. The molecule has 0 radical (unpaired) electrons. The zero-order valence-corrected chi connectivity index (χ0v) is 20.8. The van der Waals surface area contributed by atoms with Crippen molar-refractivity contribution in [3.8, 4) is 0 Å². The molecule has 1 aliphatic heterocycles. The zero-order chi connectivity index (χ0) is 24.6. The second-order valence-corrected chi connectivity index (χ2v) is 9.97. The smallest absolute Gasteiger partial charge is 0.282 e. The first-order chi connectivity index (χ1) is 16.1. The molecule has 3 aromatic rings. The molecule has 0 spiro atoms. The molecule has 3 aromatic carbocycles. The summed E-state index contributed by atoms with van der Waals surface area (Å²) in [4.78, 5) is 28.6. The van der Waals surface area contributed by atoms with Crippen molar-refractivity contribution >= 4 is 28.8 Å². The van der Waals surface area contributed by atoms with Crippen molar-refractivity contribution in [2.75, 3.05) is 10.2 Å². The molecular formula is C30H32N2O2. The molecule has 0 unspecified atom stereocenters. The minimum atomic E-state index is -0.346.